The largest absolute Gasteiger partial charge is 0.378 e. The van der Waals surface area contributed by atoms with Crippen molar-refractivity contribution in [2.24, 2.45) is 10.9 Å². The van der Waals surface area contributed by atoms with E-state index in [4.69, 9.17) is 4.74 Å². The third-order valence-corrected chi connectivity index (χ3v) is 2.05. The molecule has 0 aromatic heterocycles. The SMILES string of the molecule is CC1OCCC1CN=C=S. The molecule has 0 saturated carbocycles. The Bertz CT molecular complexity index is 154. The third-order valence-electron chi connectivity index (χ3n) is 1.92. The highest BCUT2D eigenvalue weighted by atomic mass is 32.1. The molecule has 0 amide bonds. The first kappa shape index (κ1) is 7.86. The second kappa shape index (κ2) is 3.81. The number of thiocarbonyl (C=S) groups is 1. The minimum absolute atomic E-state index is 0.354. The molecule has 1 rings (SSSR count). The van der Waals surface area contributed by atoms with Crippen LogP contribution in [0.5, 0.6) is 0 Å². The number of nitrogens with zero attached hydrogens (tertiary/aromatic N) is 1. The van der Waals surface area contributed by atoms with E-state index in [0.717, 1.165) is 19.6 Å². The lowest BCUT2D eigenvalue weighted by molar-refractivity contribution is 0.107. The summed E-state index contributed by atoms with van der Waals surface area (Å²) in [4.78, 5) is 3.89. The van der Waals surface area contributed by atoms with Crippen molar-refractivity contribution in [3.8, 4) is 0 Å². The normalized spacial score (nSPS) is 31.7. The van der Waals surface area contributed by atoms with Crippen LogP contribution in [0, 0.1) is 5.92 Å². The van der Waals surface area contributed by atoms with Crippen molar-refractivity contribution in [2.75, 3.05) is 13.2 Å². The number of hydrogen-bond acceptors (Lipinski definition) is 3. The lowest BCUT2D eigenvalue weighted by atomic mass is 10.0. The van der Waals surface area contributed by atoms with Gasteiger partial charge < -0.3 is 4.74 Å². The fraction of sp³-hybridized carbons (Fsp3) is 0.857. The second-order valence-electron chi connectivity index (χ2n) is 2.56. The zero-order chi connectivity index (χ0) is 7.40. The summed E-state index contributed by atoms with van der Waals surface area (Å²) >= 11 is 4.47. The topological polar surface area (TPSA) is 21.6 Å². The van der Waals surface area contributed by atoms with Crippen molar-refractivity contribution in [1.29, 1.82) is 0 Å². The molecule has 0 aliphatic carbocycles. The summed E-state index contributed by atoms with van der Waals surface area (Å²) < 4.78 is 5.34. The van der Waals surface area contributed by atoms with Gasteiger partial charge in [-0.3, -0.25) is 0 Å². The lowest BCUT2D eigenvalue weighted by Crippen LogP contribution is -2.13. The van der Waals surface area contributed by atoms with E-state index in [2.05, 4.69) is 29.3 Å². The molecule has 0 aromatic carbocycles. The summed E-state index contributed by atoms with van der Waals surface area (Å²) in [5.74, 6) is 0.565. The summed E-state index contributed by atoms with van der Waals surface area (Å²) in [6, 6.07) is 0. The van der Waals surface area contributed by atoms with Crippen LogP contribution in [0.1, 0.15) is 13.3 Å². The summed E-state index contributed by atoms with van der Waals surface area (Å²) in [5.41, 5.74) is 0. The zero-order valence-electron chi connectivity index (χ0n) is 6.04. The second-order valence-corrected chi connectivity index (χ2v) is 2.74. The maximum Gasteiger partial charge on any atom is 0.0593 e. The maximum absolute atomic E-state index is 5.34. The van der Waals surface area contributed by atoms with Crippen LogP contribution in [-0.4, -0.2) is 24.4 Å². The molecule has 2 atom stereocenters. The van der Waals surface area contributed by atoms with Crippen LogP contribution in [0.3, 0.4) is 0 Å². The van der Waals surface area contributed by atoms with Crippen molar-refractivity contribution < 1.29 is 4.74 Å². The highest BCUT2D eigenvalue weighted by molar-refractivity contribution is 7.78. The van der Waals surface area contributed by atoms with E-state index in [1.807, 2.05) is 0 Å². The molecule has 0 aromatic rings. The Hall–Kier alpha value is -0.240. The zero-order valence-corrected chi connectivity index (χ0v) is 6.86. The third kappa shape index (κ3) is 1.87. The fourth-order valence-corrected chi connectivity index (χ4v) is 1.24. The minimum Gasteiger partial charge on any atom is -0.378 e. The van der Waals surface area contributed by atoms with Gasteiger partial charge in [0.05, 0.1) is 17.8 Å². The molecule has 56 valence electrons. The predicted octanol–water partition coefficient (Wildman–Crippen LogP) is 1.51. The van der Waals surface area contributed by atoms with Crippen LogP contribution in [-0.2, 0) is 4.74 Å². The van der Waals surface area contributed by atoms with Crippen molar-refractivity contribution in [3.63, 3.8) is 0 Å². The van der Waals surface area contributed by atoms with Crippen LogP contribution in [0.2, 0.25) is 0 Å². The number of rotatable bonds is 2. The van der Waals surface area contributed by atoms with Gasteiger partial charge in [0.15, 0.2) is 0 Å². The minimum atomic E-state index is 0.354. The van der Waals surface area contributed by atoms with E-state index in [-0.39, 0.29) is 0 Å². The van der Waals surface area contributed by atoms with Crippen LogP contribution in [0.15, 0.2) is 4.99 Å². The summed E-state index contributed by atoms with van der Waals surface area (Å²) in [6.07, 6.45) is 1.47. The van der Waals surface area contributed by atoms with Crippen molar-refractivity contribution in [1.82, 2.24) is 0 Å². The van der Waals surface area contributed by atoms with Gasteiger partial charge in [0, 0.05) is 12.5 Å². The molecule has 0 radical (unpaired) electrons. The van der Waals surface area contributed by atoms with E-state index in [1.165, 1.54) is 0 Å². The summed E-state index contributed by atoms with van der Waals surface area (Å²) in [5, 5.41) is 2.37. The molecule has 0 spiro atoms. The Morgan fingerprint density at radius 2 is 2.60 bits per heavy atom. The van der Waals surface area contributed by atoms with Gasteiger partial charge in [-0.2, -0.15) is 0 Å². The maximum atomic E-state index is 5.34. The van der Waals surface area contributed by atoms with E-state index in [0.29, 0.717) is 12.0 Å². The van der Waals surface area contributed by atoms with Crippen LogP contribution in [0.25, 0.3) is 0 Å². The average Bonchev–Trinajstić information content (AvgIpc) is 2.31. The molecule has 1 aliphatic heterocycles. The highest BCUT2D eigenvalue weighted by Gasteiger charge is 2.23. The van der Waals surface area contributed by atoms with Crippen LogP contribution in [0.4, 0.5) is 0 Å². The van der Waals surface area contributed by atoms with Gasteiger partial charge in [0.2, 0.25) is 0 Å². The summed E-state index contributed by atoms with van der Waals surface area (Å²) in [7, 11) is 0. The van der Waals surface area contributed by atoms with Gasteiger partial charge in [0.1, 0.15) is 0 Å². The molecule has 3 heteroatoms. The molecule has 2 unspecified atom stereocenters. The van der Waals surface area contributed by atoms with Crippen molar-refractivity contribution in [2.45, 2.75) is 19.4 Å². The Morgan fingerprint density at radius 3 is 3.10 bits per heavy atom. The first-order valence-corrected chi connectivity index (χ1v) is 3.90. The molecule has 2 nitrogen and oxygen atoms in total. The Morgan fingerprint density at radius 1 is 1.80 bits per heavy atom. The first-order valence-electron chi connectivity index (χ1n) is 3.50. The van der Waals surface area contributed by atoms with E-state index in [9.17, 15) is 0 Å². The van der Waals surface area contributed by atoms with Crippen LogP contribution < -0.4 is 0 Å². The Balaban J connectivity index is 2.32. The molecule has 0 N–H and O–H groups in total. The number of isothiocyanates is 1. The Kier molecular flexibility index (Phi) is 3.00. The molecule has 10 heavy (non-hydrogen) atoms. The smallest absolute Gasteiger partial charge is 0.0593 e. The number of ether oxygens (including phenoxy) is 1. The molecule has 1 heterocycles. The molecular weight excluding hydrogens is 146 g/mol. The highest BCUT2D eigenvalue weighted by Crippen LogP contribution is 2.19. The standard InChI is InChI=1S/C7H11NOS/c1-6-7(2-3-9-6)4-8-5-10/h6-7H,2-4H2,1H3. The van der Waals surface area contributed by atoms with Gasteiger partial charge in [-0.05, 0) is 25.6 Å². The fourth-order valence-electron chi connectivity index (χ4n) is 1.17. The van der Waals surface area contributed by atoms with Gasteiger partial charge in [-0.15, -0.1) is 0 Å². The molecule has 1 aliphatic rings. The van der Waals surface area contributed by atoms with Crippen molar-refractivity contribution >= 4 is 17.4 Å². The quantitative estimate of drug-likeness (QED) is 0.447. The first-order chi connectivity index (χ1) is 4.84. The molecule has 1 fully saturated rings. The molecule has 1 saturated heterocycles. The molecular formula is C7H11NOS. The van der Waals surface area contributed by atoms with E-state index in [1.54, 1.807) is 0 Å². The number of hydrogen-bond donors (Lipinski definition) is 0. The van der Waals surface area contributed by atoms with Crippen LogP contribution >= 0.6 is 12.2 Å². The monoisotopic (exact) mass is 157 g/mol. The lowest BCUT2D eigenvalue weighted by Gasteiger charge is -2.08. The average molecular weight is 157 g/mol. The summed E-state index contributed by atoms with van der Waals surface area (Å²) in [6.45, 7) is 3.74. The predicted molar refractivity (Wildman–Crippen MR) is 43.4 cm³/mol. The van der Waals surface area contributed by atoms with Gasteiger partial charge in [-0.1, -0.05) is 0 Å². The van der Waals surface area contributed by atoms with Gasteiger partial charge in [-0.25, -0.2) is 4.99 Å². The van der Waals surface area contributed by atoms with Gasteiger partial charge >= 0.3 is 0 Å². The van der Waals surface area contributed by atoms with Gasteiger partial charge in [0.25, 0.3) is 0 Å². The van der Waals surface area contributed by atoms with E-state index >= 15 is 0 Å². The number of aliphatic imine (C=N–C) groups is 1. The Labute approximate surface area is 66.3 Å². The molecule has 0 bridgehead atoms. The van der Waals surface area contributed by atoms with Crippen molar-refractivity contribution in [3.05, 3.63) is 0 Å². The van der Waals surface area contributed by atoms with E-state index < -0.39 is 0 Å².